The van der Waals surface area contributed by atoms with Crippen LogP contribution in [0.4, 0.5) is 5.69 Å². The molecule has 7 nitrogen and oxygen atoms in total. The summed E-state index contributed by atoms with van der Waals surface area (Å²) in [6.07, 6.45) is 0. The number of primary amides is 1. The van der Waals surface area contributed by atoms with Gasteiger partial charge in [-0.25, -0.2) is 0 Å². The van der Waals surface area contributed by atoms with Gasteiger partial charge >= 0.3 is 0 Å². The van der Waals surface area contributed by atoms with E-state index in [9.17, 15) is 14.9 Å². The highest BCUT2D eigenvalue weighted by Crippen LogP contribution is 2.32. The molecule has 0 saturated heterocycles. The molecule has 3 N–H and O–H groups in total. The molecule has 2 rings (SSSR count). The van der Waals surface area contributed by atoms with Gasteiger partial charge in [0, 0.05) is 6.07 Å². The first-order valence-corrected chi connectivity index (χ1v) is 5.34. The number of benzene rings is 1. The van der Waals surface area contributed by atoms with Crippen LogP contribution >= 0.6 is 0 Å². The van der Waals surface area contributed by atoms with Crippen molar-refractivity contribution in [2.24, 2.45) is 5.73 Å². The Kier molecular flexibility index (Phi) is 3.19. The third kappa shape index (κ3) is 2.39. The summed E-state index contributed by atoms with van der Waals surface area (Å²) >= 11 is 0. The second kappa shape index (κ2) is 4.81. The van der Waals surface area contributed by atoms with Crippen molar-refractivity contribution in [3.63, 3.8) is 0 Å². The number of methoxy groups -OCH3 is 1. The molecule has 0 spiro atoms. The number of ether oxygens (including phenoxy) is 1. The normalized spacial score (nSPS) is 10.2. The van der Waals surface area contributed by atoms with Gasteiger partial charge in [-0.3, -0.25) is 14.9 Å². The van der Waals surface area contributed by atoms with Gasteiger partial charge in [0.1, 0.15) is 11.4 Å². The molecule has 1 heterocycles. The first kappa shape index (κ1) is 12.6. The van der Waals surface area contributed by atoms with Crippen LogP contribution < -0.4 is 10.5 Å². The van der Waals surface area contributed by atoms with Gasteiger partial charge < -0.3 is 15.5 Å². The molecule has 0 aliphatic heterocycles. The Morgan fingerprint density at radius 1 is 1.37 bits per heavy atom. The molecule has 19 heavy (non-hydrogen) atoms. The predicted molar refractivity (Wildman–Crippen MR) is 68.0 cm³/mol. The second-order valence-electron chi connectivity index (χ2n) is 3.79. The number of aromatic nitrogens is 1. The molecule has 0 radical (unpaired) electrons. The number of carbonyl (C=O) groups excluding carboxylic acids is 1. The lowest BCUT2D eigenvalue weighted by Crippen LogP contribution is -2.11. The van der Waals surface area contributed by atoms with Crippen LogP contribution in [0.5, 0.6) is 5.75 Å². The maximum absolute atomic E-state index is 11.0. The molecule has 1 amide bonds. The highest BCUT2D eigenvalue weighted by molar-refractivity contribution is 5.92. The van der Waals surface area contributed by atoms with Crippen LogP contribution in [-0.2, 0) is 0 Å². The van der Waals surface area contributed by atoms with E-state index in [0.29, 0.717) is 17.0 Å². The maximum atomic E-state index is 11.0. The second-order valence-corrected chi connectivity index (χ2v) is 3.79. The maximum Gasteiger partial charge on any atom is 0.278 e. The average molecular weight is 261 g/mol. The van der Waals surface area contributed by atoms with Gasteiger partial charge in [0.15, 0.2) is 0 Å². The fraction of sp³-hybridized carbons (Fsp3) is 0.0833. The van der Waals surface area contributed by atoms with Crippen LogP contribution in [0.15, 0.2) is 30.3 Å². The minimum Gasteiger partial charge on any atom is -0.497 e. The number of nitro benzene ring substituents is 1. The van der Waals surface area contributed by atoms with Crippen molar-refractivity contribution in [1.29, 1.82) is 0 Å². The Balaban J connectivity index is 2.57. The van der Waals surface area contributed by atoms with Crippen LogP contribution in [0, 0.1) is 10.1 Å². The van der Waals surface area contributed by atoms with E-state index in [4.69, 9.17) is 10.5 Å². The fourth-order valence-corrected chi connectivity index (χ4v) is 1.71. The molecule has 0 atom stereocenters. The number of carbonyl (C=O) groups is 1. The van der Waals surface area contributed by atoms with E-state index in [-0.39, 0.29) is 11.4 Å². The molecule has 1 aromatic carbocycles. The number of hydrogen-bond acceptors (Lipinski definition) is 4. The molecule has 0 saturated carbocycles. The van der Waals surface area contributed by atoms with E-state index in [0.717, 1.165) is 0 Å². The monoisotopic (exact) mass is 261 g/mol. The molecule has 0 aliphatic carbocycles. The Hall–Kier alpha value is -2.83. The molecule has 98 valence electrons. The number of nitrogens with zero attached hydrogens (tertiary/aromatic N) is 1. The molecular formula is C12H11N3O4. The van der Waals surface area contributed by atoms with Gasteiger partial charge in [-0.1, -0.05) is 0 Å². The lowest BCUT2D eigenvalue weighted by atomic mass is 10.1. The first-order chi connectivity index (χ1) is 9.02. The largest absolute Gasteiger partial charge is 0.497 e. The number of nitro groups is 1. The number of nitrogens with two attached hydrogens (primary N) is 1. The van der Waals surface area contributed by atoms with Crippen LogP contribution in [0.2, 0.25) is 0 Å². The van der Waals surface area contributed by atoms with Crippen LogP contribution in [0.3, 0.4) is 0 Å². The number of hydrogen-bond donors (Lipinski definition) is 2. The lowest BCUT2D eigenvalue weighted by molar-refractivity contribution is -0.384. The molecule has 0 aliphatic rings. The van der Waals surface area contributed by atoms with Crippen molar-refractivity contribution < 1.29 is 14.5 Å². The van der Waals surface area contributed by atoms with Crippen molar-refractivity contribution >= 4 is 11.6 Å². The summed E-state index contributed by atoms with van der Waals surface area (Å²) in [5.74, 6) is -0.146. The molecule has 2 aromatic rings. The van der Waals surface area contributed by atoms with Gasteiger partial charge in [-0.15, -0.1) is 0 Å². The SMILES string of the molecule is COc1ccc([N+](=O)[O-])c(-c2ccc(C(N)=O)[nH]2)c1. The van der Waals surface area contributed by atoms with E-state index in [2.05, 4.69) is 4.98 Å². The Labute approximate surface area is 108 Å². The van der Waals surface area contributed by atoms with Gasteiger partial charge in [0.25, 0.3) is 11.6 Å². The quantitative estimate of drug-likeness (QED) is 0.644. The molecule has 0 fully saturated rings. The third-order valence-electron chi connectivity index (χ3n) is 2.64. The van der Waals surface area contributed by atoms with E-state index in [1.54, 1.807) is 6.07 Å². The topological polar surface area (TPSA) is 111 Å². The van der Waals surface area contributed by atoms with Gasteiger partial charge in [0.05, 0.1) is 23.3 Å². The average Bonchev–Trinajstić information content (AvgIpc) is 2.87. The van der Waals surface area contributed by atoms with Crippen molar-refractivity contribution in [2.75, 3.05) is 7.11 Å². The van der Waals surface area contributed by atoms with Crippen molar-refractivity contribution in [3.8, 4) is 17.0 Å². The van der Waals surface area contributed by atoms with E-state index in [1.165, 1.54) is 31.4 Å². The Bertz CT molecular complexity index is 648. The van der Waals surface area contributed by atoms with Crippen molar-refractivity contribution in [1.82, 2.24) is 4.98 Å². The summed E-state index contributed by atoms with van der Waals surface area (Å²) in [4.78, 5) is 24.3. The van der Waals surface area contributed by atoms with Crippen molar-refractivity contribution in [2.45, 2.75) is 0 Å². The number of aromatic amines is 1. The minimum atomic E-state index is -0.628. The highest BCUT2D eigenvalue weighted by atomic mass is 16.6. The number of rotatable bonds is 4. The van der Waals surface area contributed by atoms with Crippen LogP contribution in [-0.4, -0.2) is 22.9 Å². The fourth-order valence-electron chi connectivity index (χ4n) is 1.71. The van der Waals surface area contributed by atoms with Gasteiger partial charge in [-0.05, 0) is 24.3 Å². The summed E-state index contributed by atoms with van der Waals surface area (Å²) in [7, 11) is 1.47. The van der Waals surface area contributed by atoms with Crippen LogP contribution in [0.25, 0.3) is 11.3 Å². The minimum absolute atomic E-state index is 0.0846. The molecule has 7 heteroatoms. The van der Waals surface area contributed by atoms with Gasteiger partial charge in [-0.2, -0.15) is 0 Å². The Morgan fingerprint density at radius 2 is 2.11 bits per heavy atom. The number of H-pyrrole nitrogens is 1. The smallest absolute Gasteiger partial charge is 0.278 e. The molecule has 0 unspecified atom stereocenters. The van der Waals surface area contributed by atoms with E-state index >= 15 is 0 Å². The van der Waals surface area contributed by atoms with Gasteiger partial charge in [0.2, 0.25) is 0 Å². The molecule has 0 bridgehead atoms. The molecule has 1 aromatic heterocycles. The van der Waals surface area contributed by atoms with Crippen molar-refractivity contribution in [3.05, 3.63) is 46.1 Å². The molecular weight excluding hydrogens is 250 g/mol. The highest BCUT2D eigenvalue weighted by Gasteiger charge is 2.18. The summed E-state index contributed by atoms with van der Waals surface area (Å²) < 4.78 is 5.04. The van der Waals surface area contributed by atoms with E-state index < -0.39 is 10.8 Å². The summed E-state index contributed by atoms with van der Waals surface area (Å²) in [5, 5.41) is 11.0. The Morgan fingerprint density at radius 3 is 2.63 bits per heavy atom. The number of amides is 1. The zero-order valence-electron chi connectivity index (χ0n) is 10.0. The lowest BCUT2D eigenvalue weighted by Gasteiger charge is -2.04. The summed E-state index contributed by atoms with van der Waals surface area (Å²) in [5.41, 5.74) is 5.99. The first-order valence-electron chi connectivity index (χ1n) is 5.34. The summed E-state index contributed by atoms with van der Waals surface area (Å²) in [6.45, 7) is 0. The van der Waals surface area contributed by atoms with E-state index in [1.807, 2.05) is 0 Å². The zero-order valence-corrected chi connectivity index (χ0v) is 10.0. The number of nitrogens with one attached hydrogen (secondary N) is 1. The third-order valence-corrected chi connectivity index (χ3v) is 2.64. The summed E-state index contributed by atoms with van der Waals surface area (Å²) in [6, 6.07) is 7.40. The predicted octanol–water partition coefficient (Wildman–Crippen LogP) is 1.70. The zero-order chi connectivity index (χ0) is 14.0. The van der Waals surface area contributed by atoms with Crippen LogP contribution in [0.1, 0.15) is 10.5 Å². The standard InChI is InChI=1S/C12H11N3O4/c1-19-7-2-5-11(15(17)18)8(6-7)9-3-4-10(14-9)12(13)16/h2-6,14H,1H3,(H2,13,16).